The van der Waals surface area contributed by atoms with Gasteiger partial charge in [-0.15, -0.1) is 0 Å². The molecule has 0 fully saturated rings. The SMILES string of the molecule is CC[C@@H](C(=O)NC)N(Cc1ccc(Cl)c(Cl)c1)C(=O)CN(c1ccc(C)c(Cl)c1)S(C)(=O)=O. The summed E-state index contributed by atoms with van der Waals surface area (Å²) in [6, 6.07) is 8.82. The summed E-state index contributed by atoms with van der Waals surface area (Å²) in [4.78, 5) is 27.3. The fourth-order valence-electron chi connectivity index (χ4n) is 3.27. The van der Waals surface area contributed by atoms with Gasteiger partial charge < -0.3 is 10.2 Å². The number of carbonyl (C=O) groups is 2. The molecule has 0 saturated carbocycles. The van der Waals surface area contributed by atoms with E-state index >= 15 is 0 Å². The lowest BCUT2D eigenvalue weighted by Gasteiger charge is -2.32. The summed E-state index contributed by atoms with van der Waals surface area (Å²) in [6.45, 7) is 3.08. The average molecular weight is 535 g/mol. The molecule has 0 unspecified atom stereocenters. The molecule has 0 radical (unpaired) electrons. The van der Waals surface area contributed by atoms with E-state index in [-0.39, 0.29) is 18.1 Å². The first kappa shape index (κ1) is 27.2. The average Bonchev–Trinajstić information content (AvgIpc) is 2.75. The van der Waals surface area contributed by atoms with Gasteiger partial charge in [-0.2, -0.15) is 0 Å². The second-order valence-electron chi connectivity index (χ2n) is 7.51. The quantitative estimate of drug-likeness (QED) is 0.520. The minimum Gasteiger partial charge on any atom is -0.357 e. The molecular weight excluding hydrogens is 509 g/mol. The van der Waals surface area contributed by atoms with Crippen molar-refractivity contribution in [3.8, 4) is 0 Å². The Labute approximate surface area is 209 Å². The van der Waals surface area contributed by atoms with Gasteiger partial charge in [0.2, 0.25) is 21.8 Å². The van der Waals surface area contributed by atoms with Gasteiger partial charge in [-0.05, 0) is 48.7 Å². The van der Waals surface area contributed by atoms with Crippen LogP contribution in [0.3, 0.4) is 0 Å². The van der Waals surface area contributed by atoms with E-state index in [2.05, 4.69) is 5.32 Å². The lowest BCUT2D eigenvalue weighted by atomic mass is 10.1. The molecule has 0 aliphatic carbocycles. The second-order valence-corrected chi connectivity index (χ2v) is 10.6. The van der Waals surface area contributed by atoms with Crippen LogP contribution in [-0.4, -0.2) is 51.0 Å². The molecule has 2 aromatic carbocycles. The normalized spacial score (nSPS) is 12.2. The molecule has 0 aromatic heterocycles. The van der Waals surface area contributed by atoms with Gasteiger partial charge >= 0.3 is 0 Å². The lowest BCUT2D eigenvalue weighted by molar-refractivity contribution is -0.140. The summed E-state index contributed by atoms with van der Waals surface area (Å²) >= 11 is 18.3. The molecule has 1 atom stereocenters. The zero-order chi connectivity index (χ0) is 24.9. The summed E-state index contributed by atoms with van der Waals surface area (Å²) in [5.41, 5.74) is 1.67. The number of likely N-dealkylation sites (N-methyl/N-ethyl adjacent to an activating group) is 1. The van der Waals surface area contributed by atoms with Crippen LogP contribution in [0.25, 0.3) is 0 Å². The van der Waals surface area contributed by atoms with Gasteiger partial charge in [0.15, 0.2) is 0 Å². The maximum Gasteiger partial charge on any atom is 0.244 e. The van der Waals surface area contributed by atoms with Crippen LogP contribution in [0.4, 0.5) is 5.69 Å². The maximum absolute atomic E-state index is 13.5. The third kappa shape index (κ3) is 6.99. The zero-order valence-electron chi connectivity index (χ0n) is 18.7. The summed E-state index contributed by atoms with van der Waals surface area (Å²) in [6.07, 6.45) is 1.33. The van der Waals surface area contributed by atoms with E-state index in [4.69, 9.17) is 34.8 Å². The number of hydrogen-bond acceptors (Lipinski definition) is 4. The Kier molecular flexibility index (Phi) is 9.43. The van der Waals surface area contributed by atoms with Gasteiger partial charge in [0.1, 0.15) is 12.6 Å². The molecule has 11 heteroatoms. The van der Waals surface area contributed by atoms with Crippen molar-refractivity contribution in [3.63, 3.8) is 0 Å². The van der Waals surface area contributed by atoms with E-state index in [1.807, 2.05) is 0 Å². The van der Waals surface area contributed by atoms with Crippen molar-refractivity contribution in [3.05, 3.63) is 62.6 Å². The Morgan fingerprint density at radius 1 is 1.03 bits per heavy atom. The molecule has 1 N–H and O–H groups in total. The van der Waals surface area contributed by atoms with Crippen LogP contribution in [0.1, 0.15) is 24.5 Å². The molecule has 0 aliphatic heterocycles. The number of benzene rings is 2. The highest BCUT2D eigenvalue weighted by molar-refractivity contribution is 7.92. The largest absolute Gasteiger partial charge is 0.357 e. The van der Waals surface area contributed by atoms with Gasteiger partial charge in [-0.25, -0.2) is 8.42 Å². The standard InChI is InChI=1S/C22H26Cl3N3O4S/c1-5-20(22(30)26-3)27(12-15-7-9-17(23)19(25)10-15)21(29)13-28(33(4,31)32)16-8-6-14(2)18(24)11-16/h6-11,20H,5,12-13H2,1-4H3,(H,26,30)/t20-/m0/s1. The highest BCUT2D eigenvalue weighted by Gasteiger charge is 2.31. The van der Waals surface area contributed by atoms with Crippen molar-refractivity contribution < 1.29 is 18.0 Å². The van der Waals surface area contributed by atoms with Gasteiger partial charge in [0.25, 0.3) is 0 Å². The van der Waals surface area contributed by atoms with Gasteiger partial charge in [-0.1, -0.05) is 53.9 Å². The minimum absolute atomic E-state index is 0.0356. The van der Waals surface area contributed by atoms with Crippen LogP contribution in [-0.2, 0) is 26.2 Å². The van der Waals surface area contributed by atoms with Gasteiger partial charge in [0, 0.05) is 18.6 Å². The molecule has 7 nitrogen and oxygen atoms in total. The third-order valence-corrected chi connectivity index (χ3v) is 7.38. The van der Waals surface area contributed by atoms with E-state index in [9.17, 15) is 18.0 Å². The van der Waals surface area contributed by atoms with E-state index in [0.29, 0.717) is 27.1 Å². The molecule has 0 saturated heterocycles. The number of halogens is 3. The molecule has 0 heterocycles. The Morgan fingerprint density at radius 2 is 1.70 bits per heavy atom. The summed E-state index contributed by atoms with van der Waals surface area (Å²) in [5, 5.41) is 3.60. The first-order chi connectivity index (χ1) is 15.4. The fraction of sp³-hybridized carbons (Fsp3) is 0.364. The molecular formula is C22H26Cl3N3O4S. The molecule has 0 spiro atoms. The Balaban J connectivity index is 2.46. The van der Waals surface area contributed by atoms with Gasteiger partial charge in [0.05, 0.1) is 22.0 Å². The van der Waals surface area contributed by atoms with Crippen molar-refractivity contribution in [2.24, 2.45) is 0 Å². The van der Waals surface area contributed by atoms with E-state index < -0.39 is 28.5 Å². The highest BCUT2D eigenvalue weighted by Crippen LogP contribution is 2.27. The number of rotatable bonds is 9. The van der Waals surface area contributed by atoms with E-state index in [0.717, 1.165) is 16.1 Å². The van der Waals surface area contributed by atoms with E-state index in [1.54, 1.807) is 44.2 Å². The Bertz CT molecular complexity index is 1140. The number of carbonyl (C=O) groups excluding carboxylic acids is 2. The minimum atomic E-state index is -3.83. The van der Waals surface area contributed by atoms with Crippen molar-refractivity contribution in [1.82, 2.24) is 10.2 Å². The van der Waals surface area contributed by atoms with Crippen LogP contribution in [0.15, 0.2) is 36.4 Å². The number of hydrogen-bond donors (Lipinski definition) is 1. The summed E-state index contributed by atoms with van der Waals surface area (Å²) in [7, 11) is -2.36. The predicted molar refractivity (Wildman–Crippen MR) is 134 cm³/mol. The molecule has 0 bridgehead atoms. The zero-order valence-corrected chi connectivity index (χ0v) is 21.8. The second kappa shape index (κ2) is 11.4. The van der Waals surface area contributed by atoms with Gasteiger partial charge in [-0.3, -0.25) is 13.9 Å². The number of anilines is 1. The van der Waals surface area contributed by atoms with Crippen molar-refractivity contribution in [2.75, 3.05) is 24.2 Å². The maximum atomic E-state index is 13.5. The van der Waals surface area contributed by atoms with Crippen LogP contribution in [0.5, 0.6) is 0 Å². The van der Waals surface area contributed by atoms with Crippen LogP contribution in [0, 0.1) is 6.92 Å². The van der Waals surface area contributed by atoms with Crippen LogP contribution < -0.4 is 9.62 Å². The van der Waals surface area contributed by atoms with Crippen molar-refractivity contribution >= 4 is 62.3 Å². The first-order valence-electron chi connectivity index (χ1n) is 10.1. The van der Waals surface area contributed by atoms with Crippen LogP contribution >= 0.6 is 34.8 Å². The smallest absolute Gasteiger partial charge is 0.244 e. The lowest BCUT2D eigenvalue weighted by Crippen LogP contribution is -2.51. The molecule has 0 aliphatic rings. The Morgan fingerprint density at radius 3 is 2.21 bits per heavy atom. The molecule has 33 heavy (non-hydrogen) atoms. The number of nitrogens with one attached hydrogen (secondary N) is 1. The summed E-state index contributed by atoms with van der Waals surface area (Å²) < 4.78 is 26.1. The topological polar surface area (TPSA) is 86.8 Å². The number of sulfonamides is 1. The molecule has 180 valence electrons. The summed E-state index contributed by atoms with van der Waals surface area (Å²) in [5.74, 6) is -0.922. The van der Waals surface area contributed by atoms with Crippen molar-refractivity contribution in [2.45, 2.75) is 32.9 Å². The fourth-order valence-corrected chi connectivity index (χ4v) is 4.61. The monoisotopic (exact) mass is 533 g/mol. The first-order valence-corrected chi connectivity index (χ1v) is 13.1. The van der Waals surface area contributed by atoms with E-state index in [1.165, 1.54) is 18.0 Å². The van der Waals surface area contributed by atoms with Crippen molar-refractivity contribution in [1.29, 1.82) is 0 Å². The highest BCUT2D eigenvalue weighted by atomic mass is 35.5. The predicted octanol–water partition coefficient (Wildman–Crippen LogP) is 4.27. The molecule has 2 amide bonds. The molecule has 2 rings (SSSR count). The molecule has 2 aromatic rings. The number of amides is 2. The number of nitrogens with zero attached hydrogens (tertiary/aromatic N) is 2. The van der Waals surface area contributed by atoms with Crippen LogP contribution in [0.2, 0.25) is 15.1 Å². The number of aryl methyl sites for hydroxylation is 1. The Hall–Kier alpha value is -2.00. The third-order valence-electron chi connectivity index (χ3n) is 5.09.